The van der Waals surface area contributed by atoms with Crippen molar-refractivity contribution in [1.29, 1.82) is 0 Å². The Hall–Kier alpha value is -2.69. The van der Waals surface area contributed by atoms with E-state index in [-0.39, 0.29) is 0 Å². The molecule has 0 atom stereocenters. The highest BCUT2D eigenvalue weighted by atomic mass is 15.1. The van der Waals surface area contributed by atoms with E-state index < -0.39 is 0 Å². The topological polar surface area (TPSA) is 64.5 Å². The van der Waals surface area contributed by atoms with Crippen molar-refractivity contribution < 1.29 is 0 Å². The molecule has 0 fully saturated rings. The minimum absolute atomic E-state index is 0.547. The molecule has 0 saturated heterocycles. The van der Waals surface area contributed by atoms with Crippen molar-refractivity contribution >= 4 is 0 Å². The van der Waals surface area contributed by atoms with E-state index >= 15 is 0 Å². The number of rotatable bonds is 2. The van der Waals surface area contributed by atoms with Crippen molar-refractivity contribution in [3.63, 3.8) is 0 Å². The highest BCUT2D eigenvalue weighted by Gasteiger charge is 2.05. The van der Waals surface area contributed by atoms with Crippen LogP contribution in [0.25, 0.3) is 22.9 Å². The number of nitrogens with zero attached hydrogens (tertiary/aromatic N) is 5. The zero-order valence-corrected chi connectivity index (χ0v) is 9.43. The first-order chi connectivity index (χ1) is 8.93. The lowest BCUT2D eigenvalue weighted by atomic mass is 10.2. The van der Waals surface area contributed by atoms with Crippen molar-refractivity contribution in [3.05, 3.63) is 55.0 Å². The molecule has 0 spiro atoms. The van der Waals surface area contributed by atoms with Crippen molar-refractivity contribution in [2.75, 3.05) is 0 Å². The van der Waals surface area contributed by atoms with Crippen LogP contribution in [0, 0.1) is 0 Å². The van der Waals surface area contributed by atoms with Crippen molar-refractivity contribution in [2.24, 2.45) is 0 Å². The van der Waals surface area contributed by atoms with Crippen LogP contribution in [0.1, 0.15) is 0 Å². The van der Waals surface area contributed by atoms with Gasteiger partial charge in [-0.05, 0) is 30.3 Å². The molecule has 3 rings (SSSR count). The molecule has 3 heterocycles. The largest absolute Gasteiger partial charge is 0.255 e. The minimum Gasteiger partial charge on any atom is -0.255 e. The monoisotopic (exact) mass is 235 g/mol. The molecule has 0 unspecified atom stereocenters. The van der Waals surface area contributed by atoms with Gasteiger partial charge in [-0.1, -0.05) is 6.07 Å². The smallest absolute Gasteiger partial charge is 0.180 e. The summed E-state index contributed by atoms with van der Waals surface area (Å²) in [5, 5.41) is 7.81. The predicted octanol–water partition coefficient (Wildman–Crippen LogP) is 2.00. The fraction of sp³-hybridized carbons (Fsp3) is 0. The quantitative estimate of drug-likeness (QED) is 0.679. The Morgan fingerprint density at radius 3 is 2.39 bits per heavy atom. The summed E-state index contributed by atoms with van der Waals surface area (Å²) >= 11 is 0. The zero-order valence-electron chi connectivity index (χ0n) is 9.43. The van der Waals surface area contributed by atoms with E-state index in [2.05, 4.69) is 25.1 Å². The summed E-state index contributed by atoms with van der Waals surface area (Å²) < 4.78 is 0. The number of hydrogen-bond acceptors (Lipinski definition) is 5. The number of hydrogen-bond donors (Lipinski definition) is 0. The molecule has 0 bridgehead atoms. The molecule has 0 aromatic carbocycles. The van der Waals surface area contributed by atoms with Gasteiger partial charge in [0.2, 0.25) is 0 Å². The van der Waals surface area contributed by atoms with E-state index in [1.165, 1.54) is 0 Å². The Labute approximate surface area is 104 Å². The van der Waals surface area contributed by atoms with Crippen molar-refractivity contribution in [2.45, 2.75) is 0 Å². The van der Waals surface area contributed by atoms with Gasteiger partial charge < -0.3 is 0 Å². The van der Waals surface area contributed by atoms with Crippen molar-refractivity contribution in [3.8, 4) is 22.9 Å². The highest BCUT2D eigenvalue weighted by Crippen LogP contribution is 2.16. The lowest BCUT2D eigenvalue weighted by Gasteiger charge is -2.01. The van der Waals surface area contributed by atoms with Crippen LogP contribution in [0.5, 0.6) is 0 Å². The van der Waals surface area contributed by atoms with Gasteiger partial charge in [-0.2, -0.15) is 5.10 Å². The molecular formula is C13H9N5. The van der Waals surface area contributed by atoms with Gasteiger partial charge in [-0.3, -0.25) is 4.98 Å². The van der Waals surface area contributed by atoms with Crippen LogP contribution in [-0.2, 0) is 0 Å². The zero-order chi connectivity index (χ0) is 12.2. The number of pyridine rings is 1. The Morgan fingerprint density at radius 1 is 0.667 bits per heavy atom. The van der Waals surface area contributed by atoms with Gasteiger partial charge >= 0.3 is 0 Å². The third kappa shape index (κ3) is 2.06. The molecular weight excluding hydrogens is 226 g/mol. The van der Waals surface area contributed by atoms with Crippen LogP contribution < -0.4 is 0 Å². The predicted molar refractivity (Wildman–Crippen MR) is 66.3 cm³/mol. The van der Waals surface area contributed by atoms with Crippen LogP contribution in [0.4, 0.5) is 0 Å². The summed E-state index contributed by atoms with van der Waals surface area (Å²) in [6, 6.07) is 11.1. The van der Waals surface area contributed by atoms with Gasteiger partial charge in [0.25, 0.3) is 0 Å². The van der Waals surface area contributed by atoms with Gasteiger partial charge in [-0.15, -0.1) is 5.10 Å². The van der Waals surface area contributed by atoms with Crippen molar-refractivity contribution in [1.82, 2.24) is 25.1 Å². The molecule has 0 radical (unpaired) electrons. The lowest BCUT2D eigenvalue weighted by Crippen LogP contribution is -1.95. The molecule has 18 heavy (non-hydrogen) atoms. The molecule has 3 aromatic heterocycles. The van der Waals surface area contributed by atoms with Gasteiger partial charge in [0.05, 0.1) is 11.4 Å². The average molecular weight is 235 g/mol. The maximum Gasteiger partial charge on any atom is 0.180 e. The molecule has 5 heteroatoms. The molecule has 3 aromatic rings. The molecule has 0 saturated carbocycles. The van der Waals surface area contributed by atoms with Gasteiger partial charge in [0, 0.05) is 18.6 Å². The lowest BCUT2D eigenvalue weighted by molar-refractivity contribution is 1.01. The molecule has 0 amide bonds. The summed E-state index contributed by atoms with van der Waals surface area (Å²) in [7, 11) is 0. The standard InChI is InChI=1S/C13H9N5/c1-2-7-14-10(4-1)11-6-9-15-13(17-11)12-5-3-8-16-18-12/h1-9H. The molecule has 5 nitrogen and oxygen atoms in total. The molecule has 0 aliphatic carbocycles. The van der Waals surface area contributed by atoms with E-state index in [9.17, 15) is 0 Å². The maximum absolute atomic E-state index is 4.44. The normalized spacial score (nSPS) is 10.2. The summed E-state index contributed by atoms with van der Waals surface area (Å²) in [5.74, 6) is 0.547. The fourth-order valence-corrected chi connectivity index (χ4v) is 1.56. The summed E-state index contributed by atoms with van der Waals surface area (Å²) in [6.45, 7) is 0. The van der Waals surface area contributed by atoms with E-state index in [0.29, 0.717) is 11.5 Å². The number of aromatic nitrogens is 5. The Kier molecular flexibility index (Phi) is 2.71. The van der Waals surface area contributed by atoms with E-state index in [4.69, 9.17) is 0 Å². The maximum atomic E-state index is 4.44. The van der Waals surface area contributed by atoms with E-state index in [1.54, 1.807) is 24.7 Å². The highest BCUT2D eigenvalue weighted by molar-refractivity contribution is 5.57. The first kappa shape index (κ1) is 10.5. The summed E-state index contributed by atoms with van der Waals surface area (Å²) in [6.07, 6.45) is 5.05. The minimum atomic E-state index is 0.547. The molecule has 0 N–H and O–H groups in total. The van der Waals surface area contributed by atoms with Crippen LogP contribution in [-0.4, -0.2) is 25.1 Å². The first-order valence-corrected chi connectivity index (χ1v) is 5.46. The second-order valence-electron chi connectivity index (χ2n) is 3.59. The van der Waals surface area contributed by atoms with Crippen LogP contribution >= 0.6 is 0 Å². The van der Waals surface area contributed by atoms with Gasteiger partial charge in [0.1, 0.15) is 5.69 Å². The van der Waals surface area contributed by atoms with E-state index in [0.717, 1.165) is 11.4 Å². The SMILES string of the molecule is c1ccc(-c2ccnc(-c3cccnn3)n2)nc1. The Balaban J connectivity index is 2.05. The second-order valence-corrected chi connectivity index (χ2v) is 3.59. The third-order valence-corrected chi connectivity index (χ3v) is 2.38. The average Bonchev–Trinajstić information content (AvgIpc) is 2.49. The molecule has 86 valence electrons. The second kappa shape index (κ2) is 4.67. The first-order valence-electron chi connectivity index (χ1n) is 5.46. The summed E-state index contributed by atoms with van der Waals surface area (Å²) in [5.41, 5.74) is 2.23. The fourth-order valence-electron chi connectivity index (χ4n) is 1.56. The van der Waals surface area contributed by atoms with Crippen LogP contribution in [0.2, 0.25) is 0 Å². The molecule has 0 aliphatic heterocycles. The Bertz CT molecular complexity index is 585. The molecule has 0 aliphatic rings. The Morgan fingerprint density at radius 2 is 1.61 bits per heavy atom. The van der Waals surface area contributed by atoms with Crippen LogP contribution in [0.15, 0.2) is 55.0 Å². The summed E-state index contributed by atoms with van der Waals surface area (Å²) in [4.78, 5) is 12.9. The third-order valence-electron chi connectivity index (χ3n) is 2.38. The van der Waals surface area contributed by atoms with E-state index in [1.807, 2.05) is 30.3 Å². The van der Waals surface area contributed by atoms with Crippen LogP contribution in [0.3, 0.4) is 0 Å². The van der Waals surface area contributed by atoms with Gasteiger partial charge in [0.15, 0.2) is 5.82 Å². The van der Waals surface area contributed by atoms with Gasteiger partial charge in [-0.25, -0.2) is 9.97 Å².